The molecule has 0 saturated carbocycles. The van der Waals surface area contributed by atoms with Crippen molar-refractivity contribution in [2.75, 3.05) is 4.72 Å². The van der Waals surface area contributed by atoms with Crippen LogP contribution in [-0.2, 0) is 29.4 Å². The molecule has 14 heteroatoms. The number of rotatable bonds is 4. The molecular formula is C19H14ClF6N3O3S. The Kier molecular flexibility index (Phi) is 6.09. The summed E-state index contributed by atoms with van der Waals surface area (Å²) in [6.45, 7) is 1.59. The van der Waals surface area contributed by atoms with Crippen LogP contribution in [0, 0.1) is 6.92 Å². The summed E-state index contributed by atoms with van der Waals surface area (Å²) in [6.07, 6.45) is -10.3. The number of halogens is 7. The van der Waals surface area contributed by atoms with Crippen LogP contribution < -0.4 is 10.3 Å². The number of hydrogen-bond donors (Lipinski definition) is 1. The Bertz CT molecular complexity index is 1340. The number of hydrogen-bond acceptors (Lipinski definition) is 3. The Labute approximate surface area is 188 Å². The number of nitrogens with zero attached hydrogens (tertiary/aromatic N) is 2. The van der Waals surface area contributed by atoms with Crippen molar-refractivity contribution in [3.05, 3.63) is 74.7 Å². The Hall–Kier alpha value is -2.93. The Balaban J connectivity index is 1.99. The number of sulfonamides is 1. The van der Waals surface area contributed by atoms with Gasteiger partial charge in [0.1, 0.15) is 5.02 Å². The fourth-order valence-corrected chi connectivity index (χ4v) is 4.20. The van der Waals surface area contributed by atoms with Crippen molar-refractivity contribution < 1.29 is 34.8 Å². The molecule has 0 aliphatic rings. The van der Waals surface area contributed by atoms with Crippen LogP contribution in [0.5, 0.6) is 0 Å². The van der Waals surface area contributed by atoms with Crippen LogP contribution in [0.1, 0.15) is 16.8 Å². The molecule has 3 aromatic rings. The first kappa shape index (κ1) is 24.7. The van der Waals surface area contributed by atoms with Crippen LogP contribution in [0.25, 0.3) is 5.69 Å². The second-order valence-electron chi connectivity index (χ2n) is 6.93. The van der Waals surface area contributed by atoms with Gasteiger partial charge in [0.2, 0.25) is 0 Å². The molecule has 1 heterocycles. The van der Waals surface area contributed by atoms with Crippen molar-refractivity contribution in [1.82, 2.24) is 9.36 Å². The zero-order valence-corrected chi connectivity index (χ0v) is 18.3. The van der Waals surface area contributed by atoms with E-state index in [1.807, 2.05) is 0 Å². The molecule has 6 nitrogen and oxygen atoms in total. The predicted molar refractivity (Wildman–Crippen MR) is 108 cm³/mol. The van der Waals surface area contributed by atoms with Crippen molar-refractivity contribution in [3.8, 4) is 5.69 Å². The average molecular weight is 514 g/mol. The van der Waals surface area contributed by atoms with Crippen LogP contribution in [0.15, 0.2) is 52.2 Å². The number of anilines is 1. The van der Waals surface area contributed by atoms with Gasteiger partial charge in [0, 0.05) is 7.05 Å². The maximum atomic E-state index is 13.0. The minimum absolute atomic E-state index is 0.0409. The molecule has 0 unspecified atom stereocenters. The van der Waals surface area contributed by atoms with E-state index in [1.165, 1.54) is 16.8 Å². The lowest BCUT2D eigenvalue weighted by atomic mass is 10.1. The van der Waals surface area contributed by atoms with Crippen molar-refractivity contribution in [2.24, 2.45) is 7.05 Å². The highest BCUT2D eigenvalue weighted by atomic mass is 35.5. The van der Waals surface area contributed by atoms with Crippen LogP contribution in [0.2, 0.25) is 5.02 Å². The van der Waals surface area contributed by atoms with E-state index in [9.17, 15) is 39.6 Å². The van der Waals surface area contributed by atoms with Gasteiger partial charge in [-0.1, -0.05) is 11.6 Å². The number of nitrogens with one attached hydrogen (secondary N) is 1. The van der Waals surface area contributed by atoms with Crippen LogP contribution >= 0.6 is 11.6 Å². The molecule has 0 spiro atoms. The molecule has 0 aliphatic carbocycles. The number of aromatic nitrogens is 2. The largest absolute Gasteiger partial charge is 0.416 e. The third-order valence-corrected chi connectivity index (χ3v) is 6.55. The summed E-state index contributed by atoms with van der Waals surface area (Å²) in [4.78, 5) is 11.8. The van der Waals surface area contributed by atoms with Gasteiger partial charge in [-0.25, -0.2) is 13.1 Å². The molecule has 33 heavy (non-hydrogen) atoms. The first-order chi connectivity index (χ1) is 15.0. The van der Waals surface area contributed by atoms with Gasteiger partial charge in [-0.15, -0.1) is 0 Å². The lowest BCUT2D eigenvalue weighted by Gasteiger charge is -2.15. The van der Waals surface area contributed by atoms with E-state index in [-0.39, 0.29) is 28.9 Å². The summed E-state index contributed by atoms with van der Waals surface area (Å²) in [6, 6.07) is 4.96. The second kappa shape index (κ2) is 8.13. The monoisotopic (exact) mass is 513 g/mol. The topological polar surface area (TPSA) is 73.1 Å². The molecule has 0 saturated heterocycles. The molecule has 0 amide bonds. The fourth-order valence-electron chi connectivity index (χ4n) is 2.96. The van der Waals surface area contributed by atoms with Crippen molar-refractivity contribution >= 4 is 27.3 Å². The van der Waals surface area contributed by atoms with Gasteiger partial charge in [0.25, 0.3) is 15.6 Å². The smallest absolute Gasteiger partial charge is 0.284 e. The lowest BCUT2D eigenvalue weighted by Crippen LogP contribution is -2.20. The molecule has 178 valence electrons. The molecule has 1 aromatic heterocycles. The maximum Gasteiger partial charge on any atom is 0.416 e. The van der Waals surface area contributed by atoms with Crippen LogP contribution in [0.4, 0.5) is 32.0 Å². The lowest BCUT2D eigenvalue weighted by molar-refractivity contribution is -0.143. The highest BCUT2D eigenvalue weighted by Gasteiger charge is 2.37. The third-order valence-electron chi connectivity index (χ3n) is 4.71. The van der Waals surface area contributed by atoms with E-state index in [1.54, 1.807) is 18.7 Å². The van der Waals surface area contributed by atoms with Gasteiger partial charge in [-0.05, 0) is 49.4 Å². The van der Waals surface area contributed by atoms with Gasteiger partial charge < -0.3 is 0 Å². The van der Waals surface area contributed by atoms with Gasteiger partial charge in [-0.2, -0.15) is 26.3 Å². The highest BCUT2D eigenvalue weighted by molar-refractivity contribution is 7.92. The normalized spacial score (nSPS) is 12.8. The third kappa shape index (κ3) is 4.88. The quantitative estimate of drug-likeness (QED) is 0.500. The second-order valence-corrected chi connectivity index (χ2v) is 8.99. The summed E-state index contributed by atoms with van der Waals surface area (Å²) >= 11 is 5.92. The van der Waals surface area contributed by atoms with Crippen molar-refractivity contribution in [3.63, 3.8) is 0 Å². The van der Waals surface area contributed by atoms with Gasteiger partial charge >= 0.3 is 12.4 Å². The predicted octanol–water partition coefficient (Wildman–Crippen LogP) is 4.98. The number of alkyl halides is 6. The van der Waals surface area contributed by atoms with E-state index in [2.05, 4.69) is 0 Å². The standard InChI is InChI=1S/C19H14ClF6N3O3S/c1-10-16(20)17(30)29(28(10)2)14-3-5-15(6-4-14)33(31,32)27-13-8-11(18(21,22)23)7-12(9-13)19(24,25)26/h3-9,27H,1-2H3. The molecule has 0 aliphatic heterocycles. The highest BCUT2D eigenvalue weighted by Crippen LogP contribution is 2.38. The molecule has 3 rings (SSSR count). The van der Waals surface area contributed by atoms with Crippen LogP contribution in [0.3, 0.4) is 0 Å². The fraction of sp³-hybridized carbons (Fsp3) is 0.211. The average Bonchev–Trinajstić information content (AvgIpc) is 2.89. The molecular weight excluding hydrogens is 500 g/mol. The van der Waals surface area contributed by atoms with Gasteiger partial charge in [0.15, 0.2) is 0 Å². The molecule has 0 fully saturated rings. The van der Waals surface area contributed by atoms with E-state index in [4.69, 9.17) is 11.6 Å². The number of benzene rings is 2. The Morgan fingerprint density at radius 2 is 1.39 bits per heavy atom. The molecule has 0 radical (unpaired) electrons. The molecule has 0 bridgehead atoms. The Morgan fingerprint density at radius 1 is 0.909 bits per heavy atom. The minimum atomic E-state index is -5.13. The first-order valence-corrected chi connectivity index (χ1v) is 10.8. The summed E-state index contributed by atoms with van der Waals surface area (Å²) < 4.78 is 108. The first-order valence-electron chi connectivity index (χ1n) is 8.89. The molecule has 1 N–H and O–H groups in total. The van der Waals surface area contributed by atoms with Crippen LogP contribution in [-0.4, -0.2) is 17.8 Å². The van der Waals surface area contributed by atoms with E-state index >= 15 is 0 Å². The summed E-state index contributed by atoms with van der Waals surface area (Å²) in [5.74, 6) is 0. The molecule has 0 atom stereocenters. The SMILES string of the molecule is Cc1c(Cl)c(=O)n(-c2ccc(S(=O)(=O)Nc3cc(C(F)(F)F)cc(C(F)(F)F)c3)cc2)n1C. The van der Waals surface area contributed by atoms with E-state index in [0.29, 0.717) is 5.69 Å². The zero-order valence-electron chi connectivity index (χ0n) is 16.7. The minimum Gasteiger partial charge on any atom is -0.284 e. The Morgan fingerprint density at radius 3 is 1.79 bits per heavy atom. The van der Waals surface area contributed by atoms with E-state index in [0.717, 1.165) is 16.8 Å². The summed E-state index contributed by atoms with van der Waals surface area (Å²) in [7, 11) is -3.02. The van der Waals surface area contributed by atoms with E-state index < -0.39 is 49.6 Å². The maximum absolute atomic E-state index is 13.0. The van der Waals surface area contributed by atoms with Gasteiger partial charge in [0.05, 0.1) is 33.1 Å². The van der Waals surface area contributed by atoms with Crippen molar-refractivity contribution in [2.45, 2.75) is 24.2 Å². The van der Waals surface area contributed by atoms with Gasteiger partial charge in [-0.3, -0.25) is 14.2 Å². The van der Waals surface area contributed by atoms with Crippen molar-refractivity contribution in [1.29, 1.82) is 0 Å². The zero-order chi connectivity index (χ0) is 24.9. The summed E-state index contributed by atoms with van der Waals surface area (Å²) in [5, 5.41) is -0.0409. The molecule has 2 aromatic carbocycles. The summed E-state index contributed by atoms with van der Waals surface area (Å²) in [5.41, 5.74) is -4.13.